The highest BCUT2D eigenvalue weighted by Gasteiger charge is 2.12. The Morgan fingerprint density at radius 2 is 2.40 bits per heavy atom. The number of nitrogens with one attached hydrogen (secondary N) is 2. The fourth-order valence-corrected chi connectivity index (χ4v) is 0.966. The van der Waals surface area contributed by atoms with E-state index in [0.29, 0.717) is 18.8 Å². The molecule has 0 spiro atoms. The number of amides is 1. The lowest BCUT2D eigenvalue weighted by atomic mass is 10.2. The van der Waals surface area contributed by atoms with Gasteiger partial charge in [0, 0.05) is 19.6 Å². The van der Waals surface area contributed by atoms with Crippen LogP contribution in [0.15, 0.2) is 0 Å². The first kappa shape index (κ1) is 11.6. The molecular weight excluding hydrogens is 196 g/mol. The summed E-state index contributed by atoms with van der Waals surface area (Å²) in [6.07, 6.45) is 0.716. The highest BCUT2D eigenvalue weighted by molar-refractivity contribution is 5.90. The molecule has 1 amide bonds. The van der Waals surface area contributed by atoms with Crippen molar-refractivity contribution in [3.05, 3.63) is 11.6 Å². The number of rotatable bonds is 5. The summed E-state index contributed by atoms with van der Waals surface area (Å²) in [7, 11) is 0. The van der Waals surface area contributed by atoms with Gasteiger partial charge in [0.05, 0.1) is 0 Å². The van der Waals surface area contributed by atoms with Crippen molar-refractivity contribution in [2.24, 2.45) is 5.92 Å². The minimum atomic E-state index is -0.314. The summed E-state index contributed by atoms with van der Waals surface area (Å²) < 4.78 is 0. The number of nitrogens with zero attached hydrogens (tertiary/aromatic N) is 2. The van der Waals surface area contributed by atoms with E-state index in [1.165, 1.54) is 0 Å². The lowest BCUT2D eigenvalue weighted by Gasteiger charge is -2.07. The first-order valence-electron chi connectivity index (χ1n) is 4.97. The van der Waals surface area contributed by atoms with Gasteiger partial charge in [0.1, 0.15) is 5.82 Å². The van der Waals surface area contributed by atoms with Crippen LogP contribution < -0.4 is 5.32 Å². The third kappa shape index (κ3) is 3.32. The number of aryl methyl sites for hydroxylation is 1. The van der Waals surface area contributed by atoms with Crippen molar-refractivity contribution in [1.82, 2.24) is 20.5 Å². The molecule has 0 aliphatic carbocycles. The molecule has 1 aromatic rings. The standard InChI is InChI=1S/C9H16N4O2/c1-3-7-11-8(13-12-7)9(15)10-4-6(2)5-14/h6,14H,3-5H2,1-2H3,(H,10,15)(H,11,12,13). The number of hydrogen-bond donors (Lipinski definition) is 3. The minimum Gasteiger partial charge on any atom is -0.396 e. The van der Waals surface area contributed by atoms with Gasteiger partial charge in [0.2, 0.25) is 5.82 Å². The summed E-state index contributed by atoms with van der Waals surface area (Å²) in [4.78, 5) is 15.4. The molecule has 0 bridgehead atoms. The van der Waals surface area contributed by atoms with Gasteiger partial charge in [-0.25, -0.2) is 4.98 Å². The summed E-state index contributed by atoms with van der Waals surface area (Å²) in [5.41, 5.74) is 0. The van der Waals surface area contributed by atoms with Crippen LogP contribution in [0.1, 0.15) is 30.3 Å². The maximum absolute atomic E-state index is 11.5. The van der Waals surface area contributed by atoms with Gasteiger partial charge in [-0.3, -0.25) is 9.89 Å². The smallest absolute Gasteiger partial charge is 0.290 e. The average Bonchev–Trinajstić information content (AvgIpc) is 2.73. The number of aromatic amines is 1. The molecule has 3 N–H and O–H groups in total. The first-order valence-corrected chi connectivity index (χ1v) is 4.97. The van der Waals surface area contributed by atoms with Crippen LogP contribution in [0.3, 0.4) is 0 Å². The molecule has 0 aliphatic rings. The van der Waals surface area contributed by atoms with Crippen LogP contribution in [-0.4, -0.2) is 39.3 Å². The summed E-state index contributed by atoms with van der Waals surface area (Å²) in [5.74, 6) is 0.567. The SMILES string of the molecule is CCc1nc(C(=O)NCC(C)CO)n[nH]1. The molecule has 0 aromatic carbocycles. The predicted octanol–water partition coefficient (Wildman–Crippen LogP) is -0.275. The van der Waals surface area contributed by atoms with Crippen LogP contribution in [0.5, 0.6) is 0 Å². The number of aromatic nitrogens is 3. The zero-order valence-electron chi connectivity index (χ0n) is 8.95. The average molecular weight is 212 g/mol. The van der Waals surface area contributed by atoms with Crippen molar-refractivity contribution in [2.75, 3.05) is 13.2 Å². The molecule has 0 saturated heterocycles. The van der Waals surface area contributed by atoms with E-state index in [1.807, 2.05) is 13.8 Å². The lowest BCUT2D eigenvalue weighted by Crippen LogP contribution is -2.30. The van der Waals surface area contributed by atoms with Crippen LogP contribution in [0.25, 0.3) is 0 Å². The van der Waals surface area contributed by atoms with Gasteiger partial charge in [0.15, 0.2) is 0 Å². The zero-order valence-corrected chi connectivity index (χ0v) is 8.95. The molecule has 0 fully saturated rings. The van der Waals surface area contributed by atoms with E-state index in [9.17, 15) is 4.79 Å². The Balaban J connectivity index is 2.46. The van der Waals surface area contributed by atoms with Crippen molar-refractivity contribution >= 4 is 5.91 Å². The highest BCUT2D eigenvalue weighted by atomic mass is 16.3. The highest BCUT2D eigenvalue weighted by Crippen LogP contribution is 1.95. The number of carbonyl (C=O) groups excluding carboxylic acids is 1. The Morgan fingerprint density at radius 1 is 1.67 bits per heavy atom. The molecule has 1 unspecified atom stereocenters. The Hall–Kier alpha value is -1.43. The van der Waals surface area contributed by atoms with E-state index in [2.05, 4.69) is 20.5 Å². The van der Waals surface area contributed by atoms with E-state index in [0.717, 1.165) is 0 Å². The topological polar surface area (TPSA) is 90.9 Å². The van der Waals surface area contributed by atoms with Gasteiger partial charge in [-0.2, -0.15) is 0 Å². The molecule has 1 aromatic heterocycles. The van der Waals surface area contributed by atoms with Crippen molar-refractivity contribution in [1.29, 1.82) is 0 Å². The summed E-state index contributed by atoms with van der Waals surface area (Å²) in [6.45, 7) is 4.24. The summed E-state index contributed by atoms with van der Waals surface area (Å²) in [5, 5.41) is 17.9. The second kappa shape index (κ2) is 5.45. The Kier molecular flexibility index (Phi) is 4.23. The van der Waals surface area contributed by atoms with Crippen molar-refractivity contribution in [2.45, 2.75) is 20.3 Å². The molecule has 1 rings (SSSR count). The van der Waals surface area contributed by atoms with Crippen LogP contribution in [0.4, 0.5) is 0 Å². The molecule has 1 heterocycles. The van der Waals surface area contributed by atoms with Crippen LogP contribution in [0.2, 0.25) is 0 Å². The number of H-pyrrole nitrogens is 1. The maximum Gasteiger partial charge on any atom is 0.290 e. The Morgan fingerprint density at radius 3 is 2.93 bits per heavy atom. The third-order valence-electron chi connectivity index (χ3n) is 1.99. The first-order chi connectivity index (χ1) is 7.17. The fraction of sp³-hybridized carbons (Fsp3) is 0.667. The van der Waals surface area contributed by atoms with Gasteiger partial charge in [-0.05, 0) is 5.92 Å². The summed E-state index contributed by atoms with van der Waals surface area (Å²) in [6, 6.07) is 0. The normalized spacial score (nSPS) is 12.5. The quantitative estimate of drug-likeness (QED) is 0.626. The van der Waals surface area contributed by atoms with Gasteiger partial charge >= 0.3 is 0 Å². The van der Waals surface area contributed by atoms with Gasteiger partial charge in [-0.1, -0.05) is 13.8 Å². The van der Waals surface area contributed by atoms with E-state index in [-0.39, 0.29) is 24.3 Å². The monoisotopic (exact) mass is 212 g/mol. The second-order valence-electron chi connectivity index (χ2n) is 3.46. The van der Waals surface area contributed by atoms with E-state index in [1.54, 1.807) is 0 Å². The van der Waals surface area contributed by atoms with E-state index >= 15 is 0 Å². The van der Waals surface area contributed by atoms with Crippen LogP contribution >= 0.6 is 0 Å². The predicted molar refractivity (Wildman–Crippen MR) is 54.3 cm³/mol. The van der Waals surface area contributed by atoms with Gasteiger partial charge < -0.3 is 10.4 Å². The van der Waals surface area contributed by atoms with Crippen molar-refractivity contribution in [3.63, 3.8) is 0 Å². The van der Waals surface area contributed by atoms with Gasteiger partial charge in [0.25, 0.3) is 5.91 Å². The van der Waals surface area contributed by atoms with Crippen LogP contribution in [0, 0.1) is 5.92 Å². The molecule has 0 saturated carbocycles. The zero-order chi connectivity index (χ0) is 11.3. The fourth-order valence-electron chi connectivity index (χ4n) is 0.966. The third-order valence-corrected chi connectivity index (χ3v) is 1.99. The molecule has 6 nitrogen and oxygen atoms in total. The van der Waals surface area contributed by atoms with Crippen molar-refractivity contribution < 1.29 is 9.90 Å². The molecule has 6 heteroatoms. The number of aliphatic hydroxyl groups is 1. The van der Waals surface area contributed by atoms with E-state index < -0.39 is 0 Å². The van der Waals surface area contributed by atoms with Gasteiger partial charge in [-0.15, -0.1) is 5.10 Å². The second-order valence-corrected chi connectivity index (χ2v) is 3.46. The molecular formula is C9H16N4O2. The number of carbonyl (C=O) groups is 1. The summed E-state index contributed by atoms with van der Waals surface area (Å²) >= 11 is 0. The van der Waals surface area contributed by atoms with Crippen LogP contribution in [-0.2, 0) is 6.42 Å². The molecule has 1 atom stereocenters. The molecule has 84 valence electrons. The van der Waals surface area contributed by atoms with E-state index in [4.69, 9.17) is 5.11 Å². The largest absolute Gasteiger partial charge is 0.396 e. The molecule has 0 aliphatic heterocycles. The maximum atomic E-state index is 11.5. The number of aliphatic hydroxyl groups excluding tert-OH is 1. The molecule has 0 radical (unpaired) electrons. The number of hydrogen-bond acceptors (Lipinski definition) is 4. The molecule has 15 heavy (non-hydrogen) atoms. The lowest BCUT2D eigenvalue weighted by molar-refractivity contribution is 0.0932. The Bertz CT molecular complexity index is 324. The van der Waals surface area contributed by atoms with Crippen molar-refractivity contribution in [3.8, 4) is 0 Å². The minimum absolute atomic E-state index is 0.0403. The Labute approximate surface area is 88.1 Å².